The summed E-state index contributed by atoms with van der Waals surface area (Å²) in [5.74, 6) is -0.298. The molecule has 0 aliphatic carbocycles. The summed E-state index contributed by atoms with van der Waals surface area (Å²) in [4.78, 5) is 0.443. The Balaban J connectivity index is 2.90. The minimum absolute atomic E-state index is 0.298. The smallest absolute Gasteiger partial charge is 0.123 e. The van der Waals surface area contributed by atoms with Crippen molar-refractivity contribution >= 4 is 34.5 Å². The molecule has 0 aliphatic heterocycles. The normalized spacial score (nSPS) is 13.0. The van der Waals surface area contributed by atoms with Gasteiger partial charge in [-0.25, -0.2) is 4.39 Å². The third-order valence-corrected chi connectivity index (χ3v) is 2.62. The lowest BCUT2D eigenvalue weighted by Crippen LogP contribution is -2.12. The highest BCUT2D eigenvalue weighted by molar-refractivity contribution is 7.81. The number of hydrogen-bond acceptors (Lipinski definition) is 2. The van der Waals surface area contributed by atoms with E-state index in [1.165, 1.54) is 12.1 Å². The summed E-state index contributed by atoms with van der Waals surface area (Å²) in [6, 6.07) is 5.90. The molecule has 0 spiro atoms. The van der Waals surface area contributed by atoms with Crippen LogP contribution in [0.15, 0.2) is 46.6 Å². The Kier molecular flexibility index (Phi) is 5.31. The van der Waals surface area contributed by atoms with Crippen LogP contribution in [0.25, 0.3) is 0 Å². The zero-order valence-electron chi connectivity index (χ0n) is 10.1. The second kappa shape index (κ2) is 6.52. The molecule has 0 saturated heterocycles. The third-order valence-electron chi connectivity index (χ3n) is 2.09. The van der Waals surface area contributed by atoms with E-state index in [2.05, 4.69) is 5.32 Å². The minimum Gasteiger partial charge on any atom is -0.402 e. The monoisotopic (exact) mass is 284 g/mol. The van der Waals surface area contributed by atoms with Gasteiger partial charge in [0.25, 0.3) is 0 Å². The molecular weight excluding hydrogens is 271 g/mol. The van der Waals surface area contributed by atoms with E-state index in [-0.39, 0.29) is 5.82 Å². The molecular formula is C13H14ClFN2S. The molecule has 0 heterocycles. The number of hydrogen-bond donors (Lipinski definition) is 2. The Morgan fingerprint density at radius 3 is 2.33 bits per heavy atom. The van der Waals surface area contributed by atoms with Crippen LogP contribution in [0.4, 0.5) is 10.1 Å². The van der Waals surface area contributed by atoms with E-state index in [1.807, 2.05) is 0 Å². The van der Waals surface area contributed by atoms with Crippen LogP contribution in [0.1, 0.15) is 13.8 Å². The number of nitrogens with one attached hydrogen (secondary N) is 1. The zero-order chi connectivity index (χ0) is 13.7. The van der Waals surface area contributed by atoms with Crippen LogP contribution in [0.5, 0.6) is 0 Å². The number of rotatable bonds is 3. The highest BCUT2D eigenvalue weighted by Crippen LogP contribution is 2.16. The van der Waals surface area contributed by atoms with Gasteiger partial charge >= 0.3 is 0 Å². The van der Waals surface area contributed by atoms with E-state index in [0.717, 1.165) is 0 Å². The highest BCUT2D eigenvalue weighted by atomic mass is 35.5. The van der Waals surface area contributed by atoms with Crippen LogP contribution < -0.4 is 11.1 Å². The molecule has 0 bridgehead atoms. The molecule has 0 unspecified atom stereocenters. The van der Waals surface area contributed by atoms with Gasteiger partial charge in [-0.15, -0.1) is 0 Å². The van der Waals surface area contributed by atoms with Gasteiger partial charge in [-0.3, -0.25) is 0 Å². The summed E-state index contributed by atoms with van der Waals surface area (Å²) in [6.07, 6.45) is 1.70. The average molecular weight is 285 g/mol. The Labute approximate surface area is 116 Å². The first-order valence-electron chi connectivity index (χ1n) is 5.27. The average Bonchev–Trinajstić information content (AvgIpc) is 2.28. The number of halogens is 2. The summed E-state index contributed by atoms with van der Waals surface area (Å²) >= 11 is 11.2. The predicted molar refractivity (Wildman–Crippen MR) is 79.1 cm³/mol. The van der Waals surface area contributed by atoms with Gasteiger partial charge in [0, 0.05) is 22.0 Å². The van der Waals surface area contributed by atoms with Crippen LogP contribution in [0.2, 0.25) is 0 Å². The number of thiocarbonyl (C=S) groups is 1. The first-order chi connectivity index (χ1) is 8.40. The van der Waals surface area contributed by atoms with Crippen molar-refractivity contribution in [2.24, 2.45) is 5.73 Å². The van der Waals surface area contributed by atoms with Crippen molar-refractivity contribution in [3.63, 3.8) is 0 Å². The number of nitrogens with two attached hydrogens (primary N) is 1. The van der Waals surface area contributed by atoms with Gasteiger partial charge in [-0.05, 0) is 44.2 Å². The number of anilines is 1. The van der Waals surface area contributed by atoms with Crippen molar-refractivity contribution in [1.82, 2.24) is 0 Å². The fourth-order valence-corrected chi connectivity index (χ4v) is 1.82. The van der Waals surface area contributed by atoms with E-state index in [1.54, 1.807) is 32.1 Å². The fraction of sp³-hybridized carbons (Fsp3) is 0.154. The molecule has 0 radical (unpaired) electrons. The number of benzene rings is 1. The summed E-state index contributed by atoms with van der Waals surface area (Å²) in [6.45, 7) is 3.48. The van der Waals surface area contributed by atoms with Crippen molar-refractivity contribution < 1.29 is 4.39 Å². The van der Waals surface area contributed by atoms with E-state index >= 15 is 0 Å². The van der Waals surface area contributed by atoms with Crippen molar-refractivity contribution in [3.8, 4) is 0 Å². The van der Waals surface area contributed by atoms with Gasteiger partial charge in [0.05, 0.1) is 0 Å². The molecule has 2 nitrogen and oxygen atoms in total. The van der Waals surface area contributed by atoms with E-state index in [4.69, 9.17) is 29.6 Å². The molecule has 0 aromatic heterocycles. The van der Waals surface area contributed by atoms with Gasteiger partial charge in [0.15, 0.2) is 0 Å². The zero-order valence-corrected chi connectivity index (χ0v) is 11.7. The van der Waals surface area contributed by atoms with Gasteiger partial charge in [0.2, 0.25) is 0 Å². The Morgan fingerprint density at radius 1 is 1.33 bits per heavy atom. The predicted octanol–water partition coefficient (Wildman–Crippen LogP) is 3.94. The van der Waals surface area contributed by atoms with Crippen LogP contribution in [-0.2, 0) is 0 Å². The first-order valence-corrected chi connectivity index (χ1v) is 6.06. The van der Waals surface area contributed by atoms with Crippen molar-refractivity contribution in [3.05, 3.63) is 52.5 Å². The molecule has 96 valence electrons. The van der Waals surface area contributed by atoms with Crippen LogP contribution in [-0.4, -0.2) is 4.99 Å². The quantitative estimate of drug-likeness (QED) is 0.502. The Hall–Kier alpha value is -1.39. The van der Waals surface area contributed by atoms with E-state index in [0.29, 0.717) is 27.0 Å². The number of allylic oxidation sites excluding steroid dienone is 2. The van der Waals surface area contributed by atoms with Gasteiger partial charge in [0.1, 0.15) is 10.8 Å². The maximum absolute atomic E-state index is 12.8. The molecule has 5 heteroatoms. The van der Waals surface area contributed by atoms with Crippen LogP contribution >= 0.6 is 23.8 Å². The first kappa shape index (κ1) is 14.7. The SMILES string of the molecule is C/C(Cl)=C(\C=C(/C)N)C(=S)Nc1ccc(F)cc1. The molecule has 18 heavy (non-hydrogen) atoms. The van der Waals surface area contributed by atoms with Crippen LogP contribution in [0.3, 0.4) is 0 Å². The van der Waals surface area contributed by atoms with Gasteiger partial charge < -0.3 is 11.1 Å². The third kappa shape index (κ3) is 4.47. The van der Waals surface area contributed by atoms with Gasteiger partial charge in [-0.2, -0.15) is 0 Å². The molecule has 0 atom stereocenters. The molecule has 1 aromatic rings. The lowest BCUT2D eigenvalue weighted by Gasteiger charge is -2.10. The molecule has 1 aromatic carbocycles. The molecule has 0 saturated carbocycles. The lowest BCUT2D eigenvalue weighted by atomic mass is 10.2. The topological polar surface area (TPSA) is 38.0 Å². The fourth-order valence-electron chi connectivity index (χ4n) is 1.28. The van der Waals surface area contributed by atoms with E-state index in [9.17, 15) is 4.39 Å². The van der Waals surface area contributed by atoms with Crippen molar-refractivity contribution in [2.75, 3.05) is 5.32 Å². The van der Waals surface area contributed by atoms with Crippen molar-refractivity contribution in [1.29, 1.82) is 0 Å². The molecule has 0 amide bonds. The standard InChI is InChI=1S/C13H14ClFN2S/c1-8(16)7-12(9(2)14)13(18)17-11-5-3-10(15)4-6-11/h3-7H,16H2,1-2H3,(H,17,18)/b8-7+,12-9-. The second-order valence-corrected chi connectivity index (χ2v) is 4.77. The van der Waals surface area contributed by atoms with E-state index < -0.39 is 0 Å². The summed E-state index contributed by atoms with van der Waals surface area (Å²) in [5.41, 5.74) is 7.56. The maximum Gasteiger partial charge on any atom is 0.123 e. The Bertz CT molecular complexity index is 498. The minimum atomic E-state index is -0.298. The van der Waals surface area contributed by atoms with Crippen LogP contribution in [0, 0.1) is 5.82 Å². The summed E-state index contributed by atoms with van der Waals surface area (Å²) in [5, 5.41) is 3.52. The van der Waals surface area contributed by atoms with Gasteiger partial charge in [-0.1, -0.05) is 23.8 Å². The summed E-state index contributed by atoms with van der Waals surface area (Å²) in [7, 11) is 0. The molecule has 3 N–H and O–H groups in total. The second-order valence-electron chi connectivity index (χ2n) is 3.80. The summed E-state index contributed by atoms with van der Waals surface area (Å²) < 4.78 is 12.8. The maximum atomic E-state index is 12.8. The molecule has 1 rings (SSSR count). The Morgan fingerprint density at radius 2 is 1.89 bits per heavy atom. The molecule has 0 aliphatic rings. The highest BCUT2D eigenvalue weighted by Gasteiger charge is 2.06. The largest absolute Gasteiger partial charge is 0.402 e. The molecule has 0 fully saturated rings. The van der Waals surface area contributed by atoms with Crippen molar-refractivity contribution in [2.45, 2.75) is 13.8 Å². The lowest BCUT2D eigenvalue weighted by molar-refractivity contribution is 0.628.